The van der Waals surface area contributed by atoms with Gasteiger partial charge in [0.05, 0.1) is 5.69 Å². The summed E-state index contributed by atoms with van der Waals surface area (Å²) >= 11 is 0. The van der Waals surface area contributed by atoms with Crippen LogP contribution in [-0.4, -0.2) is 25.8 Å². The van der Waals surface area contributed by atoms with Gasteiger partial charge in [0.1, 0.15) is 12.1 Å². The second-order valence-corrected chi connectivity index (χ2v) is 6.78. The van der Waals surface area contributed by atoms with E-state index in [2.05, 4.69) is 15.3 Å². The second-order valence-electron chi connectivity index (χ2n) is 6.78. The van der Waals surface area contributed by atoms with Crippen molar-refractivity contribution in [2.45, 2.75) is 33.2 Å². The van der Waals surface area contributed by atoms with E-state index in [0.717, 1.165) is 11.3 Å². The minimum absolute atomic E-state index is 0.270. The molecule has 1 amide bonds. The van der Waals surface area contributed by atoms with Gasteiger partial charge in [0.2, 0.25) is 0 Å². The quantitative estimate of drug-likeness (QED) is 0.785. The molecule has 0 aliphatic rings. The molecule has 0 saturated carbocycles. The molecule has 3 rings (SSSR count). The zero-order chi connectivity index (χ0) is 17.5. The van der Waals surface area contributed by atoms with Crippen molar-refractivity contribution in [2.24, 2.45) is 0 Å². The largest absolute Gasteiger partial charge is 0.346 e. The number of aromatic nitrogens is 3. The maximum absolute atomic E-state index is 13.1. The molecule has 0 aliphatic heterocycles. The number of hydrogen-bond donors (Lipinski definition) is 1. The lowest BCUT2D eigenvalue weighted by Crippen LogP contribution is -2.40. The average molecular weight is 326 g/mol. The van der Waals surface area contributed by atoms with E-state index in [1.807, 2.05) is 33.8 Å². The molecule has 124 valence electrons. The predicted octanol–water partition coefficient (Wildman–Crippen LogP) is 3.37. The van der Waals surface area contributed by atoms with Gasteiger partial charge in [-0.3, -0.25) is 9.20 Å². The number of rotatable bonds is 2. The zero-order valence-corrected chi connectivity index (χ0v) is 14.1. The van der Waals surface area contributed by atoms with Crippen LogP contribution in [0.4, 0.5) is 4.39 Å². The van der Waals surface area contributed by atoms with Crippen molar-refractivity contribution in [3.63, 3.8) is 0 Å². The monoisotopic (exact) mass is 326 g/mol. The predicted molar refractivity (Wildman–Crippen MR) is 90.3 cm³/mol. The molecule has 24 heavy (non-hydrogen) atoms. The number of imidazole rings is 1. The van der Waals surface area contributed by atoms with Gasteiger partial charge in [-0.05, 0) is 58.0 Å². The van der Waals surface area contributed by atoms with Crippen molar-refractivity contribution in [3.8, 4) is 11.3 Å². The van der Waals surface area contributed by atoms with Gasteiger partial charge >= 0.3 is 0 Å². The molecule has 0 radical (unpaired) electrons. The van der Waals surface area contributed by atoms with Crippen LogP contribution in [0.2, 0.25) is 0 Å². The molecule has 2 aromatic heterocycles. The fourth-order valence-electron chi connectivity index (χ4n) is 2.45. The molecule has 0 unspecified atom stereocenters. The van der Waals surface area contributed by atoms with Crippen LogP contribution >= 0.6 is 0 Å². The van der Waals surface area contributed by atoms with Crippen molar-refractivity contribution < 1.29 is 9.18 Å². The SMILES string of the molecule is Cc1cc(-c2ccc(F)cc2)nc2c(C(=O)NC(C)(C)C)ncn12. The van der Waals surface area contributed by atoms with Crippen molar-refractivity contribution in [2.75, 3.05) is 0 Å². The van der Waals surface area contributed by atoms with E-state index in [1.54, 1.807) is 22.9 Å². The summed E-state index contributed by atoms with van der Waals surface area (Å²) in [7, 11) is 0. The Bertz CT molecular complexity index is 907. The van der Waals surface area contributed by atoms with Crippen molar-refractivity contribution >= 4 is 11.6 Å². The molecule has 0 saturated heterocycles. The number of benzene rings is 1. The van der Waals surface area contributed by atoms with Gasteiger partial charge in [0.15, 0.2) is 11.3 Å². The Morgan fingerprint density at radius 1 is 1.21 bits per heavy atom. The fraction of sp³-hybridized carbons (Fsp3) is 0.278. The molecule has 3 aromatic rings. The maximum Gasteiger partial charge on any atom is 0.274 e. The van der Waals surface area contributed by atoms with E-state index >= 15 is 0 Å². The number of amides is 1. The fourth-order valence-corrected chi connectivity index (χ4v) is 2.45. The number of fused-ring (bicyclic) bond motifs is 1. The standard InChI is InChI=1S/C18H19FN4O/c1-11-9-14(12-5-7-13(19)8-6-12)21-16-15(20-10-23(11)16)17(24)22-18(2,3)4/h5-10H,1-4H3,(H,22,24). The van der Waals surface area contributed by atoms with Gasteiger partial charge in [0.25, 0.3) is 5.91 Å². The van der Waals surface area contributed by atoms with Crippen LogP contribution in [0, 0.1) is 12.7 Å². The first-order valence-corrected chi connectivity index (χ1v) is 7.68. The van der Waals surface area contributed by atoms with Crippen LogP contribution in [0.25, 0.3) is 16.9 Å². The Kier molecular flexibility index (Phi) is 3.83. The van der Waals surface area contributed by atoms with Crippen LogP contribution < -0.4 is 5.32 Å². The smallest absolute Gasteiger partial charge is 0.274 e. The highest BCUT2D eigenvalue weighted by Gasteiger charge is 2.21. The highest BCUT2D eigenvalue weighted by Crippen LogP contribution is 2.21. The topological polar surface area (TPSA) is 59.3 Å². The molecule has 0 atom stereocenters. The van der Waals surface area contributed by atoms with Crippen molar-refractivity contribution in [1.82, 2.24) is 19.7 Å². The summed E-state index contributed by atoms with van der Waals surface area (Å²) in [4.78, 5) is 21.2. The van der Waals surface area contributed by atoms with Crippen LogP contribution in [0.3, 0.4) is 0 Å². The van der Waals surface area contributed by atoms with Gasteiger partial charge < -0.3 is 5.32 Å². The number of halogens is 1. The highest BCUT2D eigenvalue weighted by atomic mass is 19.1. The first-order valence-electron chi connectivity index (χ1n) is 7.68. The lowest BCUT2D eigenvalue weighted by molar-refractivity contribution is 0.0916. The molecule has 0 fully saturated rings. The van der Waals surface area contributed by atoms with E-state index in [9.17, 15) is 9.18 Å². The summed E-state index contributed by atoms with van der Waals surface area (Å²) in [6.45, 7) is 7.64. The lowest BCUT2D eigenvalue weighted by atomic mass is 10.1. The molecular formula is C18H19FN4O. The Labute approximate surface area is 139 Å². The summed E-state index contributed by atoms with van der Waals surface area (Å²) < 4.78 is 14.9. The molecule has 0 aliphatic carbocycles. The Balaban J connectivity index is 2.10. The molecule has 1 aromatic carbocycles. The Hall–Kier alpha value is -2.76. The number of carbonyl (C=O) groups excluding carboxylic acids is 1. The summed E-state index contributed by atoms with van der Waals surface area (Å²) in [6, 6.07) is 7.99. The lowest BCUT2D eigenvalue weighted by Gasteiger charge is -2.19. The summed E-state index contributed by atoms with van der Waals surface area (Å²) in [5.74, 6) is -0.570. The van der Waals surface area contributed by atoms with Crippen LogP contribution in [0.1, 0.15) is 37.0 Å². The van der Waals surface area contributed by atoms with Gasteiger partial charge in [-0.1, -0.05) is 0 Å². The van der Waals surface area contributed by atoms with Crippen LogP contribution in [-0.2, 0) is 0 Å². The average Bonchev–Trinajstić information content (AvgIpc) is 2.90. The zero-order valence-electron chi connectivity index (χ0n) is 14.1. The number of nitrogens with one attached hydrogen (secondary N) is 1. The summed E-state index contributed by atoms with van der Waals surface area (Å²) in [6.07, 6.45) is 1.59. The van der Waals surface area contributed by atoms with E-state index in [4.69, 9.17) is 0 Å². The highest BCUT2D eigenvalue weighted by molar-refractivity contribution is 5.98. The van der Waals surface area contributed by atoms with E-state index in [-0.39, 0.29) is 23.0 Å². The van der Waals surface area contributed by atoms with Gasteiger partial charge in [-0.15, -0.1) is 0 Å². The molecule has 0 bridgehead atoms. The van der Waals surface area contributed by atoms with Gasteiger partial charge in [0, 0.05) is 16.8 Å². The van der Waals surface area contributed by atoms with E-state index in [0.29, 0.717) is 11.3 Å². The summed E-state index contributed by atoms with van der Waals surface area (Å²) in [5.41, 5.74) is 2.74. The second kappa shape index (κ2) is 5.70. The molecule has 1 N–H and O–H groups in total. The summed E-state index contributed by atoms with van der Waals surface area (Å²) in [5, 5.41) is 2.90. The molecule has 5 nitrogen and oxygen atoms in total. The number of hydrogen-bond acceptors (Lipinski definition) is 3. The third kappa shape index (κ3) is 3.13. The van der Waals surface area contributed by atoms with E-state index in [1.165, 1.54) is 12.1 Å². The normalized spacial score (nSPS) is 11.7. The van der Waals surface area contributed by atoms with Crippen LogP contribution in [0.15, 0.2) is 36.7 Å². The van der Waals surface area contributed by atoms with Crippen molar-refractivity contribution in [1.29, 1.82) is 0 Å². The Morgan fingerprint density at radius 3 is 2.50 bits per heavy atom. The minimum atomic E-state index is -0.364. The molecule has 2 heterocycles. The molecule has 0 spiro atoms. The van der Waals surface area contributed by atoms with Crippen molar-refractivity contribution in [3.05, 3.63) is 53.9 Å². The molecule has 6 heteroatoms. The van der Waals surface area contributed by atoms with Gasteiger partial charge in [-0.2, -0.15) is 0 Å². The number of aryl methyl sites for hydroxylation is 1. The third-order valence-electron chi connectivity index (χ3n) is 3.54. The van der Waals surface area contributed by atoms with E-state index < -0.39 is 0 Å². The first-order chi connectivity index (χ1) is 11.2. The Morgan fingerprint density at radius 2 is 1.88 bits per heavy atom. The van der Waals surface area contributed by atoms with Crippen LogP contribution in [0.5, 0.6) is 0 Å². The number of carbonyl (C=O) groups is 1. The number of nitrogens with zero attached hydrogens (tertiary/aromatic N) is 3. The minimum Gasteiger partial charge on any atom is -0.346 e. The first kappa shape index (κ1) is 16.1. The van der Waals surface area contributed by atoms with Gasteiger partial charge in [-0.25, -0.2) is 14.4 Å². The maximum atomic E-state index is 13.1. The third-order valence-corrected chi connectivity index (χ3v) is 3.54. The molecular weight excluding hydrogens is 307 g/mol.